The van der Waals surface area contributed by atoms with Gasteiger partial charge in [-0.3, -0.25) is 0 Å². The molecule has 0 aromatic heterocycles. The van der Waals surface area contributed by atoms with Gasteiger partial charge >= 0.3 is 0 Å². The second kappa shape index (κ2) is 7.22. The highest BCUT2D eigenvalue weighted by Crippen LogP contribution is 2.16. The largest absolute Gasteiger partial charge is 0.207 e. The first kappa shape index (κ1) is 13.9. The molecule has 0 N–H and O–H groups in total. The average Bonchev–Trinajstić information content (AvgIpc) is 2.20. The van der Waals surface area contributed by atoms with Gasteiger partial charge in [0.15, 0.2) is 0 Å². The van der Waals surface area contributed by atoms with Crippen LogP contribution in [0.4, 0.5) is 4.39 Å². The van der Waals surface area contributed by atoms with E-state index in [1.165, 1.54) is 17.7 Å². The van der Waals surface area contributed by atoms with Crippen LogP contribution in [0.15, 0.2) is 30.3 Å². The van der Waals surface area contributed by atoms with E-state index < -0.39 is 0 Å². The van der Waals surface area contributed by atoms with Crippen molar-refractivity contribution in [1.82, 2.24) is 0 Å². The molecule has 0 fully saturated rings. The molecule has 0 saturated heterocycles. The van der Waals surface area contributed by atoms with Crippen molar-refractivity contribution in [2.24, 2.45) is 5.92 Å². The van der Waals surface area contributed by atoms with Crippen molar-refractivity contribution in [1.29, 1.82) is 0 Å². The molecule has 0 radical (unpaired) electrons. The first-order valence-electron chi connectivity index (χ1n) is 5.54. The van der Waals surface area contributed by atoms with Gasteiger partial charge in [0.2, 0.25) is 0 Å². The van der Waals surface area contributed by atoms with Gasteiger partial charge in [0.1, 0.15) is 5.82 Å². The molecule has 0 heterocycles. The Balaban J connectivity index is 0.000000921. The van der Waals surface area contributed by atoms with Crippen LogP contribution in [0.1, 0.15) is 40.2 Å². The van der Waals surface area contributed by atoms with E-state index in [1.807, 2.05) is 32.9 Å². The quantitative estimate of drug-likeness (QED) is 0.647. The van der Waals surface area contributed by atoms with Crippen molar-refractivity contribution in [2.75, 3.05) is 0 Å². The molecule has 0 aliphatic heterocycles. The first-order chi connectivity index (χ1) is 7.09. The Kier molecular flexibility index (Phi) is 6.68. The fourth-order valence-electron chi connectivity index (χ4n) is 1.31. The minimum Gasteiger partial charge on any atom is -0.207 e. The summed E-state index contributed by atoms with van der Waals surface area (Å²) in [6.45, 7) is 10.3. The number of benzene rings is 1. The Morgan fingerprint density at radius 3 is 2.00 bits per heavy atom. The normalized spacial score (nSPS) is 11.0. The molecular weight excluding hydrogens is 187 g/mol. The maximum absolute atomic E-state index is 12.6. The zero-order valence-corrected chi connectivity index (χ0v) is 10.3. The Labute approximate surface area is 92.8 Å². The van der Waals surface area contributed by atoms with Gasteiger partial charge in [0.05, 0.1) is 0 Å². The van der Waals surface area contributed by atoms with Crippen LogP contribution in [-0.2, 0) is 0 Å². The lowest BCUT2D eigenvalue weighted by atomic mass is 10.0. The summed E-state index contributed by atoms with van der Waals surface area (Å²) < 4.78 is 12.6. The van der Waals surface area contributed by atoms with Gasteiger partial charge in [0.25, 0.3) is 0 Å². The molecule has 1 rings (SSSR count). The highest BCUT2D eigenvalue weighted by molar-refractivity contribution is 5.63. The topological polar surface area (TPSA) is 0 Å². The van der Waals surface area contributed by atoms with Crippen LogP contribution in [0.5, 0.6) is 0 Å². The maximum Gasteiger partial charge on any atom is 0.123 e. The molecule has 0 amide bonds. The maximum atomic E-state index is 12.6. The third-order valence-corrected chi connectivity index (χ3v) is 1.88. The molecule has 0 aliphatic carbocycles. The molecule has 0 nitrogen and oxygen atoms in total. The van der Waals surface area contributed by atoms with E-state index in [1.54, 1.807) is 0 Å². The van der Waals surface area contributed by atoms with Crippen LogP contribution in [0.25, 0.3) is 5.57 Å². The second-order valence-corrected chi connectivity index (χ2v) is 3.60. The molecule has 84 valence electrons. The fraction of sp³-hybridized carbons (Fsp3) is 0.429. The molecule has 1 heteroatoms. The van der Waals surface area contributed by atoms with Crippen LogP contribution in [-0.4, -0.2) is 0 Å². The standard InChI is InChI=1S/C12H15F.C2H6/c1-9(2)8-10(3)11-4-6-12(13)7-5-11;1-2/h4-9H,1-3H3;1-2H3/b10-8+;. The fourth-order valence-corrected chi connectivity index (χ4v) is 1.31. The Morgan fingerprint density at radius 1 is 1.13 bits per heavy atom. The second-order valence-electron chi connectivity index (χ2n) is 3.60. The Bertz CT molecular complexity index is 294. The number of allylic oxidation sites excluding steroid dienone is 2. The van der Waals surface area contributed by atoms with Crippen LogP contribution in [0.2, 0.25) is 0 Å². The lowest BCUT2D eigenvalue weighted by Gasteiger charge is -2.03. The molecule has 0 bridgehead atoms. The van der Waals surface area contributed by atoms with Crippen LogP contribution in [0.3, 0.4) is 0 Å². The molecule has 0 spiro atoms. The summed E-state index contributed by atoms with van der Waals surface area (Å²) in [6, 6.07) is 6.60. The van der Waals surface area contributed by atoms with E-state index in [0.717, 1.165) is 5.56 Å². The summed E-state index contributed by atoms with van der Waals surface area (Å²) >= 11 is 0. The minimum atomic E-state index is -0.180. The number of hydrogen-bond acceptors (Lipinski definition) is 0. The number of rotatable bonds is 2. The molecule has 1 aromatic carbocycles. The van der Waals surface area contributed by atoms with Gasteiger partial charge in [0, 0.05) is 0 Å². The Morgan fingerprint density at radius 2 is 1.60 bits per heavy atom. The summed E-state index contributed by atoms with van der Waals surface area (Å²) in [6.07, 6.45) is 2.17. The summed E-state index contributed by atoms with van der Waals surface area (Å²) in [5.74, 6) is 0.353. The van der Waals surface area contributed by atoms with Crippen molar-refractivity contribution in [3.63, 3.8) is 0 Å². The number of halogens is 1. The van der Waals surface area contributed by atoms with Crippen molar-refractivity contribution >= 4 is 5.57 Å². The molecule has 15 heavy (non-hydrogen) atoms. The van der Waals surface area contributed by atoms with E-state index in [9.17, 15) is 4.39 Å². The van der Waals surface area contributed by atoms with Gasteiger partial charge in [-0.2, -0.15) is 0 Å². The summed E-state index contributed by atoms with van der Waals surface area (Å²) in [4.78, 5) is 0. The van der Waals surface area contributed by atoms with Crippen molar-refractivity contribution in [3.8, 4) is 0 Å². The Hall–Kier alpha value is -1.11. The molecule has 0 aliphatic rings. The SMILES string of the molecule is C/C(=C\C(C)C)c1ccc(F)cc1.CC. The third-order valence-electron chi connectivity index (χ3n) is 1.88. The van der Waals surface area contributed by atoms with Crippen LogP contribution in [0, 0.1) is 11.7 Å². The zero-order valence-electron chi connectivity index (χ0n) is 10.3. The van der Waals surface area contributed by atoms with Gasteiger partial charge < -0.3 is 0 Å². The smallest absolute Gasteiger partial charge is 0.123 e. The lowest BCUT2D eigenvalue weighted by molar-refractivity contribution is 0.627. The predicted octanol–water partition coefficient (Wildman–Crippen LogP) is 4.91. The number of hydrogen-bond donors (Lipinski definition) is 0. The molecule has 0 unspecified atom stereocenters. The molecule has 1 aromatic rings. The van der Waals surface area contributed by atoms with Gasteiger partial charge in [-0.15, -0.1) is 0 Å². The van der Waals surface area contributed by atoms with E-state index in [-0.39, 0.29) is 5.82 Å². The van der Waals surface area contributed by atoms with Crippen molar-refractivity contribution in [2.45, 2.75) is 34.6 Å². The van der Waals surface area contributed by atoms with Gasteiger partial charge in [-0.05, 0) is 36.1 Å². The molecule has 0 saturated carbocycles. The van der Waals surface area contributed by atoms with E-state index in [2.05, 4.69) is 19.9 Å². The van der Waals surface area contributed by atoms with E-state index >= 15 is 0 Å². The minimum absolute atomic E-state index is 0.180. The van der Waals surface area contributed by atoms with Crippen LogP contribution >= 0.6 is 0 Å². The average molecular weight is 208 g/mol. The summed E-state index contributed by atoms with van der Waals surface area (Å²) in [7, 11) is 0. The van der Waals surface area contributed by atoms with Gasteiger partial charge in [-0.25, -0.2) is 4.39 Å². The predicted molar refractivity (Wildman–Crippen MR) is 66.2 cm³/mol. The summed E-state index contributed by atoms with van der Waals surface area (Å²) in [5, 5.41) is 0. The highest BCUT2D eigenvalue weighted by atomic mass is 19.1. The highest BCUT2D eigenvalue weighted by Gasteiger charge is 1.96. The van der Waals surface area contributed by atoms with Crippen LogP contribution < -0.4 is 0 Å². The zero-order chi connectivity index (χ0) is 11.8. The van der Waals surface area contributed by atoms with E-state index in [0.29, 0.717) is 5.92 Å². The lowest BCUT2D eigenvalue weighted by Crippen LogP contribution is -1.84. The third kappa shape index (κ3) is 5.36. The monoisotopic (exact) mass is 208 g/mol. The van der Waals surface area contributed by atoms with Crippen molar-refractivity contribution < 1.29 is 4.39 Å². The summed E-state index contributed by atoms with van der Waals surface area (Å²) in [5.41, 5.74) is 2.30. The van der Waals surface area contributed by atoms with Crippen molar-refractivity contribution in [3.05, 3.63) is 41.7 Å². The van der Waals surface area contributed by atoms with Gasteiger partial charge in [-0.1, -0.05) is 45.9 Å². The molecule has 0 atom stereocenters. The first-order valence-corrected chi connectivity index (χ1v) is 5.54. The molecular formula is C14H21F. The van der Waals surface area contributed by atoms with E-state index in [4.69, 9.17) is 0 Å².